The normalized spacial score (nSPS) is 19.2. The number of likely N-dealkylation sites (tertiary alicyclic amines) is 1. The number of rotatable bonds is 7. The number of aryl methyl sites for hydroxylation is 2. The lowest BCUT2D eigenvalue weighted by Gasteiger charge is -2.40. The van der Waals surface area contributed by atoms with Crippen molar-refractivity contribution >= 4 is 33.7 Å². The number of hydrogen-bond donors (Lipinski definition) is 1. The highest BCUT2D eigenvalue weighted by Gasteiger charge is 2.32. The van der Waals surface area contributed by atoms with Gasteiger partial charge in [-0.05, 0) is 58.0 Å². The Bertz CT molecular complexity index is 1820. The Hall–Kier alpha value is -4.83. The van der Waals surface area contributed by atoms with Gasteiger partial charge in [-0.1, -0.05) is 12.6 Å². The van der Waals surface area contributed by atoms with Gasteiger partial charge in [-0.2, -0.15) is 20.3 Å². The van der Waals surface area contributed by atoms with Crippen LogP contribution < -0.4 is 15.2 Å². The van der Waals surface area contributed by atoms with E-state index in [1.165, 1.54) is 6.08 Å². The van der Waals surface area contributed by atoms with Gasteiger partial charge in [0.05, 0.1) is 35.9 Å². The summed E-state index contributed by atoms with van der Waals surface area (Å²) in [4.78, 5) is 47.0. The number of hydrogen-bond acceptors (Lipinski definition) is 10. The number of nitriles is 1. The van der Waals surface area contributed by atoms with Crippen LogP contribution in [0.25, 0.3) is 27.6 Å². The van der Waals surface area contributed by atoms with E-state index >= 15 is 0 Å². The average molecular weight is 583 g/mol. The van der Waals surface area contributed by atoms with Gasteiger partial charge in [0, 0.05) is 31.1 Å². The Morgan fingerprint density at radius 2 is 2.02 bits per heavy atom. The van der Waals surface area contributed by atoms with E-state index in [-0.39, 0.29) is 41.5 Å². The number of fused-ring (bicyclic) bond motifs is 2. The largest absolute Gasteiger partial charge is 0.462 e. The molecule has 5 heterocycles. The number of nitrogens with one attached hydrogen (secondary N) is 1. The number of amides is 1. The lowest BCUT2D eigenvalue weighted by Crippen LogP contribution is -2.55. The van der Waals surface area contributed by atoms with Gasteiger partial charge in [0.15, 0.2) is 11.3 Å². The number of ether oxygens (including phenoxy) is 1. The third-order valence-corrected chi connectivity index (χ3v) is 8.51. The van der Waals surface area contributed by atoms with Crippen molar-refractivity contribution in [3.05, 3.63) is 52.7 Å². The van der Waals surface area contributed by atoms with E-state index in [0.717, 1.165) is 35.9 Å². The predicted molar refractivity (Wildman–Crippen MR) is 161 cm³/mol. The maximum absolute atomic E-state index is 14.3. The van der Waals surface area contributed by atoms with E-state index in [9.17, 15) is 14.9 Å². The van der Waals surface area contributed by atoms with Crippen molar-refractivity contribution in [2.45, 2.75) is 45.2 Å². The molecule has 2 saturated heterocycles. The Morgan fingerprint density at radius 1 is 1.19 bits per heavy atom. The molecule has 0 saturated carbocycles. The SMILES string of the molecule is C=CC(=O)N1CCN(c2nc(OC[C@@H]3CCCN3C)nc3c(=O)n(-c4c(C)ccc5[nH]ncc45)c(C)nc23)C[C@@H]1CC#N. The predicted octanol–water partition coefficient (Wildman–Crippen LogP) is 2.26. The van der Waals surface area contributed by atoms with Crippen LogP contribution in [0, 0.1) is 25.2 Å². The Kier molecular flexibility index (Phi) is 7.53. The fourth-order valence-electron chi connectivity index (χ4n) is 6.19. The fraction of sp³-hybridized carbons (Fsp3) is 0.433. The monoisotopic (exact) mass is 582 g/mol. The number of aromatic amines is 1. The number of piperazine rings is 1. The quantitative estimate of drug-likeness (QED) is 0.322. The van der Waals surface area contributed by atoms with Crippen LogP contribution in [-0.2, 0) is 4.79 Å². The minimum absolute atomic E-state index is 0.0942. The van der Waals surface area contributed by atoms with Crippen molar-refractivity contribution in [2.75, 3.05) is 44.7 Å². The van der Waals surface area contributed by atoms with Crippen molar-refractivity contribution in [1.82, 2.24) is 39.5 Å². The van der Waals surface area contributed by atoms with Gasteiger partial charge in [0.25, 0.3) is 5.56 Å². The molecule has 0 unspecified atom stereocenters. The van der Waals surface area contributed by atoms with E-state index in [1.807, 2.05) is 24.0 Å². The molecule has 3 aromatic heterocycles. The second-order valence-corrected chi connectivity index (χ2v) is 11.2. The van der Waals surface area contributed by atoms with E-state index in [0.29, 0.717) is 49.1 Å². The summed E-state index contributed by atoms with van der Waals surface area (Å²) in [5.41, 5.74) is 2.50. The summed E-state index contributed by atoms with van der Waals surface area (Å²) in [5, 5.41) is 17.5. The first kappa shape index (κ1) is 28.3. The van der Waals surface area contributed by atoms with Crippen LogP contribution in [0.4, 0.5) is 5.82 Å². The molecule has 1 amide bonds. The number of benzene rings is 1. The molecular weight excluding hydrogens is 548 g/mol. The summed E-state index contributed by atoms with van der Waals surface area (Å²) in [5.74, 6) is 0.686. The molecule has 2 atom stereocenters. The molecule has 13 nitrogen and oxygen atoms in total. The summed E-state index contributed by atoms with van der Waals surface area (Å²) < 4.78 is 7.72. The van der Waals surface area contributed by atoms with E-state index in [2.05, 4.69) is 39.8 Å². The molecule has 2 fully saturated rings. The van der Waals surface area contributed by atoms with Crippen molar-refractivity contribution < 1.29 is 9.53 Å². The van der Waals surface area contributed by atoms with Crippen LogP contribution in [0.1, 0.15) is 30.7 Å². The molecule has 6 rings (SSSR count). The van der Waals surface area contributed by atoms with Crippen LogP contribution in [0.15, 0.2) is 35.8 Å². The third kappa shape index (κ3) is 5.08. The number of nitrogens with zero attached hydrogens (tertiary/aromatic N) is 9. The zero-order valence-electron chi connectivity index (χ0n) is 24.6. The Labute approximate surface area is 248 Å². The smallest absolute Gasteiger partial charge is 0.319 e. The van der Waals surface area contributed by atoms with Gasteiger partial charge in [-0.25, -0.2) is 4.98 Å². The summed E-state index contributed by atoms with van der Waals surface area (Å²) in [6, 6.07) is 5.99. The number of aromatic nitrogens is 6. The van der Waals surface area contributed by atoms with Gasteiger partial charge in [-0.3, -0.25) is 19.3 Å². The molecule has 43 heavy (non-hydrogen) atoms. The molecule has 0 bridgehead atoms. The van der Waals surface area contributed by atoms with Crippen molar-refractivity contribution in [3.63, 3.8) is 0 Å². The van der Waals surface area contributed by atoms with Gasteiger partial charge in [0.2, 0.25) is 5.91 Å². The number of anilines is 1. The standard InChI is InChI=1S/C30H34N10O3/c1-5-24(41)39-14-13-38(16-20(39)10-11-31)28-25-26(34-30(35-28)43-17-21-7-6-12-37(21)4)29(42)40(19(3)33-25)27-18(2)8-9-23-22(27)15-32-36-23/h5,8-9,15,20-21H,1,6-7,10,12-14,16-17H2,2-4H3,(H,32,36)/t20-,21-/m0/s1. The number of carbonyl (C=O) groups is 1. The second kappa shape index (κ2) is 11.4. The van der Waals surface area contributed by atoms with Crippen LogP contribution in [0.3, 0.4) is 0 Å². The zero-order chi connectivity index (χ0) is 30.2. The maximum Gasteiger partial charge on any atom is 0.319 e. The molecule has 0 aliphatic carbocycles. The summed E-state index contributed by atoms with van der Waals surface area (Å²) in [6.07, 6.45) is 5.21. The Morgan fingerprint density at radius 3 is 2.77 bits per heavy atom. The first-order valence-corrected chi connectivity index (χ1v) is 14.4. The highest BCUT2D eigenvalue weighted by molar-refractivity contribution is 5.91. The summed E-state index contributed by atoms with van der Waals surface area (Å²) in [7, 11) is 2.07. The van der Waals surface area contributed by atoms with E-state index in [4.69, 9.17) is 14.7 Å². The minimum atomic E-state index is -0.381. The summed E-state index contributed by atoms with van der Waals surface area (Å²) >= 11 is 0. The highest BCUT2D eigenvalue weighted by atomic mass is 16.5. The highest BCUT2D eigenvalue weighted by Crippen LogP contribution is 2.29. The van der Waals surface area contributed by atoms with Crippen LogP contribution in [0.2, 0.25) is 0 Å². The van der Waals surface area contributed by atoms with Crippen LogP contribution >= 0.6 is 0 Å². The molecule has 222 valence electrons. The molecule has 1 N–H and O–H groups in total. The molecule has 4 aromatic rings. The van der Waals surface area contributed by atoms with Crippen molar-refractivity contribution in [1.29, 1.82) is 5.26 Å². The van der Waals surface area contributed by atoms with E-state index < -0.39 is 0 Å². The molecule has 1 aromatic carbocycles. The minimum Gasteiger partial charge on any atom is -0.462 e. The number of carbonyl (C=O) groups excluding carboxylic acids is 1. The lowest BCUT2D eigenvalue weighted by atomic mass is 10.1. The molecular formula is C30H34N10O3. The molecule has 13 heteroatoms. The van der Waals surface area contributed by atoms with Gasteiger partial charge < -0.3 is 19.4 Å². The molecule has 2 aliphatic rings. The Balaban J connectivity index is 1.49. The summed E-state index contributed by atoms with van der Waals surface area (Å²) in [6.45, 7) is 9.85. The number of likely N-dealkylation sites (N-methyl/N-ethyl adjacent to an activating group) is 1. The van der Waals surface area contributed by atoms with E-state index in [1.54, 1.807) is 22.6 Å². The van der Waals surface area contributed by atoms with Crippen molar-refractivity contribution in [2.24, 2.45) is 0 Å². The first-order valence-electron chi connectivity index (χ1n) is 14.4. The van der Waals surface area contributed by atoms with Gasteiger partial charge >= 0.3 is 6.01 Å². The van der Waals surface area contributed by atoms with Crippen LogP contribution in [0.5, 0.6) is 6.01 Å². The fourth-order valence-corrected chi connectivity index (χ4v) is 6.19. The maximum atomic E-state index is 14.3. The third-order valence-electron chi connectivity index (χ3n) is 8.51. The molecule has 0 radical (unpaired) electrons. The lowest BCUT2D eigenvalue weighted by molar-refractivity contribution is -0.128. The second-order valence-electron chi connectivity index (χ2n) is 11.2. The zero-order valence-corrected chi connectivity index (χ0v) is 24.6. The molecule has 2 aliphatic heterocycles. The first-order chi connectivity index (χ1) is 20.8. The number of H-pyrrole nitrogens is 1. The molecule has 0 spiro atoms. The average Bonchev–Trinajstić information content (AvgIpc) is 3.65. The topological polar surface area (TPSA) is 149 Å². The van der Waals surface area contributed by atoms with Crippen LogP contribution in [-0.4, -0.2) is 97.3 Å². The van der Waals surface area contributed by atoms with Gasteiger partial charge in [-0.15, -0.1) is 0 Å². The van der Waals surface area contributed by atoms with Gasteiger partial charge in [0.1, 0.15) is 17.9 Å². The van der Waals surface area contributed by atoms with Crippen molar-refractivity contribution in [3.8, 4) is 17.8 Å².